The molecule has 0 aromatic rings. The molecule has 0 saturated carbocycles. The molecule has 1 unspecified atom stereocenters. The molecule has 1 N–H and O–H groups in total. The SMILES string of the molecule is CCC(C)(CC(C)(C)C(=O)CCO)C(=O)OC(C)(C)C. The van der Waals surface area contributed by atoms with Crippen molar-refractivity contribution in [2.24, 2.45) is 10.8 Å². The number of carbonyl (C=O) groups excluding carboxylic acids is 2. The van der Waals surface area contributed by atoms with E-state index in [1.165, 1.54) is 0 Å². The molecule has 4 nitrogen and oxygen atoms in total. The van der Waals surface area contributed by atoms with E-state index in [4.69, 9.17) is 9.84 Å². The fourth-order valence-corrected chi connectivity index (χ4v) is 2.26. The van der Waals surface area contributed by atoms with Crippen LogP contribution in [0.3, 0.4) is 0 Å². The van der Waals surface area contributed by atoms with Gasteiger partial charge in [-0.1, -0.05) is 20.8 Å². The van der Waals surface area contributed by atoms with E-state index in [2.05, 4.69) is 0 Å². The Morgan fingerprint density at radius 1 is 1.05 bits per heavy atom. The molecule has 0 amide bonds. The van der Waals surface area contributed by atoms with Gasteiger partial charge in [0.25, 0.3) is 0 Å². The van der Waals surface area contributed by atoms with E-state index in [1.54, 1.807) is 0 Å². The lowest BCUT2D eigenvalue weighted by atomic mass is 9.70. The van der Waals surface area contributed by atoms with E-state index in [0.717, 1.165) is 0 Å². The van der Waals surface area contributed by atoms with Gasteiger partial charge in [0.05, 0.1) is 5.41 Å². The molecule has 118 valence electrons. The van der Waals surface area contributed by atoms with Gasteiger partial charge < -0.3 is 9.84 Å². The second kappa shape index (κ2) is 6.70. The molecule has 0 aromatic carbocycles. The quantitative estimate of drug-likeness (QED) is 0.730. The van der Waals surface area contributed by atoms with Gasteiger partial charge in [-0.3, -0.25) is 9.59 Å². The first-order valence-electron chi connectivity index (χ1n) is 7.25. The molecular weight excluding hydrogens is 256 g/mol. The zero-order chi connectivity index (χ0) is 16.2. The minimum absolute atomic E-state index is 0.0248. The van der Waals surface area contributed by atoms with Crippen molar-refractivity contribution in [2.45, 2.75) is 73.3 Å². The summed E-state index contributed by atoms with van der Waals surface area (Å²) in [6.45, 7) is 12.8. The number of ketones is 1. The number of hydrogen-bond acceptors (Lipinski definition) is 4. The average Bonchev–Trinajstić information content (AvgIpc) is 2.26. The van der Waals surface area contributed by atoms with E-state index in [0.29, 0.717) is 12.8 Å². The summed E-state index contributed by atoms with van der Waals surface area (Å²) >= 11 is 0. The summed E-state index contributed by atoms with van der Waals surface area (Å²) in [7, 11) is 0. The summed E-state index contributed by atoms with van der Waals surface area (Å²) < 4.78 is 5.48. The third-order valence-electron chi connectivity index (χ3n) is 3.60. The normalized spacial score (nSPS) is 15.6. The molecule has 0 fully saturated rings. The predicted octanol–water partition coefficient (Wildman–Crippen LogP) is 3.11. The van der Waals surface area contributed by atoms with Gasteiger partial charge in [-0.25, -0.2) is 0 Å². The molecule has 0 aliphatic rings. The highest BCUT2D eigenvalue weighted by atomic mass is 16.6. The zero-order valence-electron chi connectivity index (χ0n) is 14.0. The fraction of sp³-hybridized carbons (Fsp3) is 0.875. The number of esters is 1. The van der Waals surface area contributed by atoms with Crippen LogP contribution in [0.2, 0.25) is 0 Å². The molecule has 0 aromatic heterocycles. The number of hydrogen-bond donors (Lipinski definition) is 1. The molecule has 0 radical (unpaired) electrons. The van der Waals surface area contributed by atoms with Crippen molar-refractivity contribution < 1.29 is 19.4 Å². The maximum Gasteiger partial charge on any atom is 0.312 e. The number of carbonyl (C=O) groups is 2. The van der Waals surface area contributed by atoms with Crippen LogP contribution in [-0.2, 0) is 14.3 Å². The van der Waals surface area contributed by atoms with Gasteiger partial charge in [0, 0.05) is 18.4 Å². The third-order valence-corrected chi connectivity index (χ3v) is 3.60. The summed E-state index contributed by atoms with van der Waals surface area (Å²) in [6, 6.07) is 0. The molecule has 0 aliphatic carbocycles. The van der Waals surface area contributed by atoms with Crippen molar-refractivity contribution in [1.29, 1.82) is 0 Å². The van der Waals surface area contributed by atoms with Gasteiger partial charge in [-0.05, 0) is 40.5 Å². The van der Waals surface area contributed by atoms with Crippen molar-refractivity contribution in [1.82, 2.24) is 0 Å². The smallest absolute Gasteiger partial charge is 0.312 e. The Morgan fingerprint density at radius 2 is 1.55 bits per heavy atom. The molecule has 0 heterocycles. The molecule has 0 aliphatic heterocycles. The molecule has 0 rings (SSSR count). The maximum atomic E-state index is 12.4. The van der Waals surface area contributed by atoms with E-state index in [9.17, 15) is 9.59 Å². The van der Waals surface area contributed by atoms with Gasteiger partial charge in [-0.15, -0.1) is 0 Å². The summed E-state index contributed by atoms with van der Waals surface area (Å²) in [5.41, 5.74) is -1.88. The molecule has 0 saturated heterocycles. The number of aliphatic hydroxyl groups is 1. The lowest BCUT2D eigenvalue weighted by molar-refractivity contribution is -0.169. The van der Waals surface area contributed by atoms with Crippen LogP contribution >= 0.6 is 0 Å². The largest absolute Gasteiger partial charge is 0.460 e. The van der Waals surface area contributed by atoms with E-state index < -0.39 is 16.4 Å². The third kappa shape index (κ3) is 5.61. The van der Waals surface area contributed by atoms with E-state index in [1.807, 2.05) is 48.5 Å². The standard InChI is InChI=1S/C16H30O4/c1-8-16(7,13(19)20-14(2,3)4)11-15(5,6)12(18)9-10-17/h17H,8-11H2,1-7H3. The number of Topliss-reactive ketones (excluding diaryl/α,β-unsaturated/α-hetero) is 1. The topological polar surface area (TPSA) is 63.6 Å². The minimum Gasteiger partial charge on any atom is -0.460 e. The monoisotopic (exact) mass is 286 g/mol. The summed E-state index contributed by atoms with van der Waals surface area (Å²) in [4.78, 5) is 24.4. The van der Waals surface area contributed by atoms with Crippen LogP contribution in [0.15, 0.2) is 0 Å². The second-order valence-corrected chi connectivity index (χ2v) is 7.37. The van der Waals surface area contributed by atoms with Crippen molar-refractivity contribution in [2.75, 3.05) is 6.61 Å². The first kappa shape index (κ1) is 19.1. The zero-order valence-corrected chi connectivity index (χ0v) is 14.0. The first-order chi connectivity index (χ1) is 8.88. The van der Waals surface area contributed by atoms with Crippen LogP contribution in [0.1, 0.15) is 67.7 Å². The Bertz CT molecular complexity index is 352. The Labute approximate surface area is 122 Å². The Kier molecular flexibility index (Phi) is 6.40. The molecule has 0 spiro atoms. The summed E-state index contributed by atoms with van der Waals surface area (Å²) in [6.07, 6.45) is 1.16. The average molecular weight is 286 g/mol. The highest BCUT2D eigenvalue weighted by Gasteiger charge is 2.42. The van der Waals surface area contributed by atoms with Crippen molar-refractivity contribution >= 4 is 11.8 Å². The Balaban J connectivity index is 5.07. The fourth-order valence-electron chi connectivity index (χ4n) is 2.26. The van der Waals surface area contributed by atoms with Crippen LogP contribution in [0.25, 0.3) is 0 Å². The Morgan fingerprint density at radius 3 is 1.90 bits per heavy atom. The van der Waals surface area contributed by atoms with Crippen LogP contribution < -0.4 is 0 Å². The summed E-state index contributed by atoms with van der Waals surface area (Å²) in [5, 5.41) is 8.91. The van der Waals surface area contributed by atoms with Crippen molar-refractivity contribution in [3.05, 3.63) is 0 Å². The van der Waals surface area contributed by atoms with Gasteiger partial charge >= 0.3 is 5.97 Å². The summed E-state index contributed by atoms with van der Waals surface area (Å²) in [5.74, 6) is -0.291. The van der Waals surface area contributed by atoms with Crippen molar-refractivity contribution in [3.8, 4) is 0 Å². The van der Waals surface area contributed by atoms with Crippen LogP contribution in [-0.4, -0.2) is 29.1 Å². The molecule has 4 heteroatoms. The number of ether oxygens (including phenoxy) is 1. The lowest BCUT2D eigenvalue weighted by Crippen LogP contribution is -2.40. The van der Waals surface area contributed by atoms with Crippen LogP contribution in [0.4, 0.5) is 0 Å². The van der Waals surface area contributed by atoms with E-state index in [-0.39, 0.29) is 24.8 Å². The number of rotatable bonds is 7. The van der Waals surface area contributed by atoms with Crippen LogP contribution in [0, 0.1) is 10.8 Å². The highest BCUT2D eigenvalue weighted by Crippen LogP contribution is 2.39. The van der Waals surface area contributed by atoms with E-state index >= 15 is 0 Å². The molecular formula is C16H30O4. The lowest BCUT2D eigenvalue weighted by Gasteiger charge is -2.36. The predicted molar refractivity (Wildman–Crippen MR) is 79.4 cm³/mol. The first-order valence-corrected chi connectivity index (χ1v) is 7.25. The van der Waals surface area contributed by atoms with Gasteiger partial charge in [-0.2, -0.15) is 0 Å². The van der Waals surface area contributed by atoms with Gasteiger partial charge in [0.2, 0.25) is 0 Å². The molecule has 20 heavy (non-hydrogen) atoms. The van der Waals surface area contributed by atoms with Crippen LogP contribution in [0.5, 0.6) is 0 Å². The number of aliphatic hydroxyl groups excluding tert-OH is 1. The second-order valence-electron chi connectivity index (χ2n) is 7.37. The highest BCUT2D eigenvalue weighted by molar-refractivity contribution is 5.85. The molecule has 1 atom stereocenters. The maximum absolute atomic E-state index is 12.4. The molecule has 0 bridgehead atoms. The van der Waals surface area contributed by atoms with Gasteiger partial charge in [0.1, 0.15) is 11.4 Å². The minimum atomic E-state index is -0.693. The van der Waals surface area contributed by atoms with Gasteiger partial charge in [0.15, 0.2) is 0 Å². The Hall–Kier alpha value is -0.900. The van der Waals surface area contributed by atoms with Crippen molar-refractivity contribution in [3.63, 3.8) is 0 Å².